The lowest BCUT2D eigenvalue weighted by atomic mass is 10.1. The topological polar surface area (TPSA) is 126 Å². The smallest absolute Gasteiger partial charge is 0.325 e. The van der Waals surface area contributed by atoms with Crippen LogP contribution in [0.1, 0.15) is 16.8 Å². The van der Waals surface area contributed by atoms with Gasteiger partial charge in [0, 0.05) is 16.8 Å². The summed E-state index contributed by atoms with van der Waals surface area (Å²) in [4.78, 5) is 39.3. The minimum Gasteiger partial charge on any atom is -0.497 e. The second-order valence-corrected chi connectivity index (χ2v) is 5.09. The van der Waals surface area contributed by atoms with Gasteiger partial charge in [0.05, 0.1) is 26.9 Å². The number of nitrogens with zero attached hydrogens (tertiary/aromatic N) is 1. The number of hydrazone groups is 1. The molecular formula is C16H18N4O5. The van der Waals surface area contributed by atoms with E-state index in [1.165, 1.54) is 20.4 Å². The average Bonchev–Trinajstić information content (AvgIpc) is 2.58. The molecule has 1 heterocycles. The van der Waals surface area contributed by atoms with Crippen LogP contribution in [0, 0.1) is 6.92 Å². The minimum absolute atomic E-state index is 0.172. The molecule has 1 amide bonds. The second kappa shape index (κ2) is 7.95. The molecule has 0 aliphatic rings. The summed E-state index contributed by atoms with van der Waals surface area (Å²) >= 11 is 0. The molecule has 0 bridgehead atoms. The van der Waals surface area contributed by atoms with Gasteiger partial charge in [-0.2, -0.15) is 5.10 Å². The van der Waals surface area contributed by atoms with Crippen molar-refractivity contribution in [3.05, 3.63) is 55.9 Å². The maximum atomic E-state index is 11.9. The van der Waals surface area contributed by atoms with Crippen LogP contribution >= 0.6 is 0 Å². The Balaban J connectivity index is 2.09. The molecule has 0 unspecified atom stereocenters. The quantitative estimate of drug-likeness (QED) is 0.504. The molecule has 9 nitrogen and oxygen atoms in total. The monoisotopic (exact) mass is 346 g/mol. The van der Waals surface area contributed by atoms with Crippen molar-refractivity contribution >= 4 is 12.1 Å². The molecule has 0 saturated heterocycles. The molecule has 0 aliphatic carbocycles. The van der Waals surface area contributed by atoms with Gasteiger partial charge in [-0.15, -0.1) is 0 Å². The first-order valence-electron chi connectivity index (χ1n) is 7.30. The highest BCUT2D eigenvalue weighted by Crippen LogP contribution is 2.22. The van der Waals surface area contributed by atoms with E-state index in [2.05, 4.69) is 20.5 Å². The van der Waals surface area contributed by atoms with Crippen molar-refractivity contribution in [1.82, 2.24) is 15.4 Å². The zero-order valence-electron chi connectivity index (χ0n) is 14.0. The Kier molecular flexibility index (Phi) is 5.72. The first-order valence-corrected chi connectivity index (χ1v) is 7.30. The van der Waals surface area contributed by atoms with Gasteiger partial charge < -0.3 is 14.5 Å². The Labute approximate surface area is 142 Å². The van der Waals surface area contributed by atoms with Crippen LogP contribution in [0.25, 0.3) is 0 Å². The average molecular weight is 346 g/mol. The molecule has 2 aromatic rings. The van der Waals surface area contributed by atoms with Crippen molar-refractivity contribution in [3.63, 3.8) is 0 Å². The van der Waals surface area contributed by atoms with E-state index in [1.807, 2.05) is 0 Å². The van der Waals surface area contributed by atoms with Crippen LogP contribution in [0.3, 0.4) is 0 Å². The summed E-state index contributed by atoms with van der Waals surface area (Å²) in [5.41, 5.74) is 2.23. The first-order chi connectivity index (χ1) is 11.9. The van der Waals surface area contributed by atoms with E-state index in [9.17, 15) is 14.4 Å². The van der Waals surface area contributed by atoms with E-state index in [0.29, 0.717) is 22.8 Å². The van der Waals surface area contributed by atoms with Gasteiger partial charge in [0.25, 0.3) is 5.56 Å². The van der Waals surface area contributed by atoms with Crippen LogP contribution in [0.2, 0.25) is 0 Å². The van der Waals surface area contributed by atoms with Crippen molar-refractivity contribution in [1.29, 1.82) is 0 Å². The number of aryl methyl sites for hydroxylation is 1. The lowest BCUT2D eigenvalue weighted by Crippen LogP contribution is -2.30. The van der Waals surface area contributed by atoms with Crippen LogP contribution in [0.15, 0.2) is 32.9 Å². The second-order valence-electron chi connectivity index (χ2n) is 5.09. The molecule has 0 saturated carbocycles. The standard InChI is InChI=1S/C16H18N4O5/c1-9-12(15(22)19-16(23)18-9)7-14(21)20-17-8-10-6-11(24-2)4-5-13(10)25-3/h4-6,8H,7H2,1-3H3,(H,20,21)(H2,18,19,22,23)/b17-8-. The molecule has 3 N–H and O–H groups in total. The van der Waals surface area contributed by atoms with Gasteiger partial charge in [0.1, 0.15) is 11.5 Å². The van der Waals surface area contributed by atoms with Crippen LogP contribution in [0.4, 0.5) is 0 Å². The Morgan fingerprint density at radius 3 is 2.64 bits per heavy atom. The molecular weight excluding hydrogens is 328 g/mol. The molecule has 0 spiro atoms. The van der Waals surface area contributed by atoms with Crippen LogP contribution < -0.4 is 26.1 Å². The Morgan fingerprint density at radius 2 is 2.00 bits per heavy atom. The number of carbonyl (C=O) groups excluding carboxylic acids is 1. The van der Waals surface area contributed by atoms with E-state index in [-0.39, 0.29) is 12.0 Å². The minimum atomic E-state index is -0.616. The van der Waals surface area contributed by atoms with E-state index in [4.69, 9.17) is 9.47 Å². The maximum Gasteiger partial charge on any atom is 0.325 e. The molecule has 0 radical (unpaired) electrons. The summed E-state index contributed by atoms with van der Waals surface area (Å²) in [7, 11) is 3.05. The molecule has 2 rings (SSSR count). The van der Waals surface area contributed by atoms with Gasteiger partial charge in [-0.3, -0.25) is 14.6 Å². The predicted octanol–water partition coefficient (Wildman–Crippen LogP) is 0.0816. The zero-order valence-corrected chi connectivity index (χ0v) is 14.0. The number of hydrogen-bond donors (Lipinski definition) is 3. The highest BCUT2D eigenvalue weighted by molar-refractivity contribution is 5.86. The van der Waals surface area contributed by atoms with Crippen molar-refractivity contribution in [2.75, 3.05) is 14.2 Å². The van der Waals surface area contributed by atoms with Crippen molar-refractivity contribution < 1.29 is 14.3 Å². The third-order valence-electron chi connectivity index (χ3n) is 3.42. The molecule has 0 fully saturated rings. The van der Waals surface area contributed by atoms with Gasteiger partial charge in [-0.25, -0.2) is 10.2 Å². The van der Waals surface area contributed by atoms with Crippen LogP contribution in [-0.4, -0.2) is 36.3 Å². The van der Waals surface area contributed by atoms with Crippen molar-refractivity contribution in [2.24, 2.45) is 5.10 Å². The summed E-state index contributed by atoms with van der Waals surface area (Å²) in [6.07, 6.45) is 1.19. The maximum absolute atomic E-state index is 11.9. The number of aromatic amines is 2. The third kappa shape index (κ3) is 4.56. The fourth-order valence-electron chi connectivity index (χ4n) is 2.15. The lowest BCUT2D eigenvalue weighted by Gasteiger charge is -2.07. The summed E-state index contributed by atoms with van der Waals surface area (Å²) in [6.45, 7) is 1.55. The molecule has 9 heteroatoms. The first kappa shape index (κ1) is 18.0. The molecule has 1 aromatic heterocycles. The Morgan fingerprint density at radius 1 is 1.24 bits per heavy atom. The summed E-state index contributed by atoms with van der Waals surface area (Å²) in [6, 6.07) is 5.15. The zero-order chi connectivity index (χ0) is 18.4. The van der Waals surface area contributed by atoms with Crippen LogP contribution in [0.5, 0.6) is 11.5 Å². The highest BCUT2D eigenvalue weighted by Gasteiger charge is 2.11. The van der Waals surface area contributed by atoms with Crippen molar-refractivity contribution in [3.8, 4) is 11.5 Å². The number of nitrogens with one attached hydrogen (secondary N) is 3. The molecule has 25 heavy (non-hydrogen) atoms. The number of hydrogen-bond acceptors (Lipinski definition) is 6. The lowest BCUT2D eigenvalue weighted by molar-refractivity contribution is -0.120. The Bertz CT molecular complexity index is 913. The van der Waals surface area contributed by atoms with Gasteiger partial charge in [-0.05, 0) is 25.1 Å². The number of rotatable bonds is 6. The summed E-state index contributed by atoms with van der Waals surface area (Å²) in [5.74, 6) is 0.675. The van der Waals surface area contributed by atoms with E-state index >= 15 is 0 Å². The number of benzene rings is 1. The fraction of sp³-hybridized carbons (Fsp3) is 0.250. The number of aromatic nitrogens is 2. The fourth-order valence-corrected chi connectivity index (χ4v) is 2.15. The van der Waals surface area contributed by atoms with Gasteiger partial charge in [-0.1, -0.05) is 0 Å². The van der Waals surface area contributed by atoms with E-state index < -0.39 is 17.2 Å². The van der Waals surface area contributed by atoms with Gasteiger partial charge >= 0.3 is 5.69 Å². The summed E-state index contributed by atoms with van der Waals surface area (Å²) < 4.78 is 10.3. The van der Waals surface area contributed by atoms with Crippen LogP contribution in [-0.2, 0) is 11.2 Å². The number of ether oxygens (including phenoxy) is 2. The number of carbonyl (C=O) groups is 1. The largest absolute Gasteiger partial charge is 0.497 e. The Hall–Kier alpha value is -3.36. The van der Waals surface area contributed by atoms with Gasteiger partial charge in [0.2, 0.25) is 5.91 Å². The molecule has 0 aliphatic heterocycles. The molecule has 132 valence electrons. The number of amides is 1. The molecule has 0 atom stereocenters. The van der Waals surface area contributed by atoms with E-state index in [0.717, 1.165) is 0 Å². The number of methoxy groups -OCH3 is 2. The molecule has 1 aromatic carbocycles. The third-order valence-corrected chi connectivity index (χ3v) is 3.42. The summed E-state index contributed by atoms with van der Waals surface area (Å²) in [5, 5.41) is 3.85. The predicted molar refractivity (Wildman–Crippen MR) is 91.4 cm³/mol. The van der Waals surface area contributed by atoms with Crippen molar-refractivity contribution in [2.45, 2.75) is 13.3 Å². The highest BCUT2D eigenvalue weighted by atomic mass is 16.5. The SMILES string of the molecule is COc1ccc(OC)c(/C=N\NC(=O)Cc2c(C)[nH]c(=O)[nH]c2=O)c1. The normalized spacial score (nSPS) is 10.7. The van der Waals surface area contributed by atoms with Gasteiger partial charge in [0.15, 0.2) is 0 Å². The van der Waals surface area contributed by atoms with E-state index in [1.54, 1.807) is 25.1 Å². The number of H-pyrrole nitrogens is 2.